The van der Waals surface area contributed by atoms with Crippen LogP contribution in [0.3, 0.4) is 0 Å². The zero-order chi connectivity index (χ0) is 15.1. The van der Waals surface area contributed by atoms with Crippen LogP contribution in [0.25, 0.3) is 0 Å². The number of esters is 1. The minimum absolute atomic E-state index is 0.140. The maximum atomic E-state index is 13.4. The van der Waals surface area contributed by atoms with Gasteiger partial charge in [-0.05, 0) is 42.0 Å². The normalized spacial score (nSPS) is 10.6. The number of benzene rings is 2. The van der Waals surface area contributed by atoms with E-state index in [2.05, 4.69) is 9.73 Å². The van der Waals surface area contributed by atoms with Gasteiger partial charge in [-0.1, -0.05) is 12.1 Å². The number of carbonyl (C=O) groups excluding carboxylic acids is 1. The van der Waals surface area contributed by atoms with Gasteiger partial charge in [-0.3, -0.25) is 4.99 Å². The standard InChI is InChI=1S/C16H14FNO3/c1-20-16(19)11-21-13-8-6-12(7-9-13)10-18-15-5-3-2-4-14(15)17/h2-10H,11H2,1H3. The maximum absolute atomic E-state index is 13.4. The topological polar surface area (TPSA) is 47.9 Å². The molecular weight excluding hydrogens is 273 g/mol. The van der Waals surface area contributed by atoms with Gasteiger partial charge in [0.2, 0.25) is 0 Å². The van der Waals surface area contributed by atoms with Crippen molar-refractivity contribution in [3.8, 4) is 5.75 Å². The number of methoxy groups -OCH3 is 1. The Morgan fingerprint density at radius 3 is 2.57 bits per heavy atom. The highest BCUT2D eigenvalue weighted by Crippen LogP contribution is 2.17. The maximum Gasteiger partial charge on any atom is 0.343 e. The molecule has 0 spiro atoms. The first-order valence-corrected chi connectivity index (χ1v) is 6.27. The van der Waals surface area contributed by atoms with Crippen LogP contribution in [0.5, 0.6) is 5.75 Å². The van der Waals surface area contributed by atoms with Crippen molar-refractivity contribution in [3.05, 3.63) is 59.9 Å². The van der Waals surface area contributed by atoms with Gasteiger partial charge < -0.3 is 9.47 Å². The first kappa shape index (κ1) is 14.7. The molecule has 0 fully saturated rings. The Kier molecular flexibility index (Phi) is 5.04. The van der Waals surface area contributed by atoms with Gasteiger partial charge in [-0.2, -0.15) is 0 Å². The van der Waals surface area contributed by atoms with Crippen LogP contribution >= 0.6 is 0 Å². The van der Waals surface area contributed by atoms with Gasteiger partial charge >= 0.3 is 5.97 Å². The largest absolute Gasteiger partial charge is 0.482 e. The number of aliphatic imine (C=N–C) groups is 1. The third-order valence-corrected chi connectivity index (χ3v) is 2.67. The minimum atomic E-state index is -0.444. The zero-order valence-electron chi connectivity index (χ0n) is 11.5. The molecule has 2 rings (SSSR count). The van der Waals surface area contributed by atoms with Gasteiger partial charge in [0.25, 0.3) is 0 Å². The van der Waals surface area contributed by atoms with Gasteiger partial charge in [0.1, 0.15) is 11.6 Å². The lowest BCUT2D eigenvalue weighted by atomic mass is 10.2. The third kappa shape index (κ3) is 4.42. The highest BCUT2D eigenvalue weighted by atomic mass is 19.1. The SMILES string of the molecule is COC(=O)COc1ccc(C=Nc2ccccc2F)cc1. The Balaban J connectivity index is 1.99. The average molecular weight is 287 g/mol. The van der Waals surface area contributed by atoms with Gasteiger partial charge in [-0.25, -0.2) is 9.18 Å². The quantitative estimate of drug-likeness (QED) is 0.627. The summed E-state index contributed by atoms with van der Waals surface area (Å²) in [7, 11) is 1.30. The fourth-order valence-electron chi connectivity index (χ4n) is 1.55. The van der Waals surface area contributed by atoms with Crippen LogP contribution < -0.4 is 4.74 Å². The van der Waals surface area contributed by atoms with Gasteiger partial charge in [0, 0.05) is 6.21 Å². The van der Waals surface area contributed by atoms with Crippen LogP contribution in [0, 0.1) is 5.82 Å². The van der Waals surface area contributed by atoms with Gasteiger partial charge in [0.15, 0.2) is 6.61 Å². The molecule has 0 atom stereocenters. The molecule has 0 aliphatic heterocycles. The van der Waals surface area contributed by atoms with Crippen molar-refractivity contribution >= 4 is 17.9 Å². The van der Waals surface area contributed by atoms with Crippen molar-refractivity contribution in [3.63, 3.8) is 0 Å². The van der Waals surface area contributed by atoms with E-state index in [0.29, 0.717) is 5.75 Å². The van der Waals surface area contributed by atoms with E-state index in [-0.39, 0.29) is 18.1 Å². The van der Waals surface area contributed by atoms with Crippen molar-refractivity contribution in [2.24, 2.45) is 4.99 Å². The Morgan fingerprint density at radius 1 is 1.19 bits per heavy atom. The molecule has 4 nitrogen and oxygen atoms in total. The summed E-state index contributed by atoms with van der Waals surface area (Å²) in [5.74, 6) is -0.268. The number of nitrogens with zero attached hydrogens (tertiary/aromatic N) is 1. The molecule has 0 saturated carbocycles. The Bertz CT molecular complexity index is 638. The second-order valence-electron chi connectivity index (χ2n) is 4.14. The van der Waals surface area contributed by atoms with E-state index in [4.69, 9.17) is 4.74 Å². The van der Waals surface area contributed by atoms with E-state index in [9.17, 15) is 9.18 Å². The predicted molar refractivity (Wildman–Crippen MR) is 77.6 cm³/mol. The molecule has 0 bridgehead atoms. The molecule has 2 aromatic rings. The molecule has 0 N–H and O–H groups in total. The minimum Gasteiger partial charge on any atom is -0.482 e. The lowest BCUT2D eigenvalue weighted by Crippen LogP contribution is -2.12. The summed E-state index contributed by atoms with van der Waals surface area (Å²) in [4.78, 5) is 15.0. The summed E-state index contributed by atoms with van der Waals surface area (Å²) in [6, 6.07) is 13.2. The number of hydrogen-bond acceptors (Lipinski definition) is 4. The molecule has 108 valence electrons. The predicted octanol–water partition coefficient (Wildman–Crippen LogP) is 3.13. The van der Waals surface area contributed by atoms with Crippen molar-refractivity contribution < 1.29 is 18.7 Å². The van der Waals surface area contributed by atoms with Crippen molar-refractivity contribution in [1.29, 1.82) is 0 Å². The Labute approximate surface area is 121 Å². The molecule has 5 heteroatoms. The molecule has 0 saturated heterocycles. The van der Waals surface area contributed by atoms with E-state index < -0.39 is 5.97 Å². The highest BCUT2D eigenvalue weighted by molar-refractivity contribution is 5.82. The average Bonchev–Trinajstić information content (AvgIpc) is 2.53. The molecule has 0 aliphatic carbocycles. The zero-order valence-corrected chi connectivity index (χ0v) is 11.5. The number of para-hydroxylation sites is 1. The van der Waals surface area contributed by atoms with E-state index >= 15 is 0 Å². The Morgan fingerprint density at radius 2 is 1.90 bits per heavy atom. The summed E-state index contributed by atoms with van der Waals surface area (Å²) < 4.78 is 23.1. The van der Waals surface area contributed by atoms with Crippen LogP contribution in [0.1, 0.15) is 5.56 Å². The summed E-state index contributed by atoms with van der Waals surface area (Å²) >= 11 is 0. The first-order chi connectivity index (χ1) is 10.2. The second kappa shape index (κ2) is 7.19. The molecule has 0 aliphatic rings. The Hall–Kier alpha value is -2.69. The number of halogens is 1. The molecular formula is C16H14FNO3. The number of carbonyl (C=O) groups is 1. The molecule has 0 aromatic heterocycles. The van der Waals surface area contributed by atoms with Crippen LogP contribution in [0.15, 0.2) is 53.5 Å². The summed E-state index contributed by atoms with van der Waals surface area (Å²) in [5, 5.41) is 0. The second-order valence-corrected chi connectivity index (χ2v) is 4.14. The summed E-state index contributed by atoms with van der Waals surface area (Å²) in [5.41, 5.74) is 1.08. The van der Waals surface area contributed by atoms with E-state index in [1.54, 1.807) is 48.7 Å². The van der Waals surface area contributed by atoms with Crippen LogP contribution in [0.2, 0.25) is 0 Å². The highest BCUT2D eigenvalue weighted by Gasteiger charge is 2.01. The van der Waals surface area contributed by atoms with E-state index in [0.717, 1.165) is 5.56 Å². The molecule has 0 amide bonds. The fourth-order valence-corrected chi connectivity index (χ4v) is 1.55. The first-order valence-electron chi connectivity index (χ1n) is 6.27. The van der Waals surface area contributed by atoms with E-state index in [1.807, 2.05) is 0 Å². The van der Waals surface area contributed by atoms with Gasteiger partial charge in [-0.15, -0.1) is 0 Å². The summed E-state index contributed by atoms with van der Waals surface area (Å²) in [6.45, 7) is -0.140. The third-order valence-electron chi connectivity index (χ3n) is 2.67. The lowest BCUT2D eigenvalue weighted by molar-refractivity contribution is -0.142. The smallest absolute Gasteiger partial charge is 0.343 e. The molecule has 2 aromatic carbocycles. The van der Waals surface area contributed by atoms with Crippen LogP contribution in [-0.4, -0.2) is 25.9 Å². The van der Waals surface area contributed by atoms with Crippen LogP contribution in [0.4, 0.5) is 10.1 Å². The lowest BCUT2D eigenvalue weighted by Gasteiger charge is -2.04. The molecule has 0 heterocycles. The molecule has 0 unspecified atom stereocenters. The number of ether oxygens (including phenoxy) is 2. The summed E-state index contributed by atoms with van der Waals surface area (Å²) in [6.07, 6.45) is 1.56. The van der Waals surface area contributed by atoms with Crippen molar-refractivity contribution in [2.45, 2.75) is 0 Å². The van der Waals surface area contributed by atoms with Gasteiger partial charge in [0.05, 0.1) is 12.8 Å². The van der Waals surface area contributed by atoms with Crippen LogP contribution in [-0.2, 0) is 9.53 Å². The molecule has 0 radical (unpaired) electrons. The fraction of sp³-hybridized carbons (Fsp3) is 0.125. The molecule has 21 heavy (non-hydrogen) atoms. The van der Waals surface area contributed by atoms with E-state index in [1.165, 1.54) is 13.2 Å². The van der Waals surface area contributed by atoms with Crippen molar-refractivity contribution in [2.75, 3.05) is 13.7 Å². The van der Waals surface area contributed by atoms with Crippen molar-refractivity contribution in [1.82, 2.24) is 0 Å². The number of rotatable bonds is 5. The monoisotopic (exact) mass is 287 g/mol. The number of hydrogen-bond donors (Lipinski definition) is 0.